The maximum Gasteiger partial charge on any atom is 0.336 e. The number of piperazine rings is 1. The number of carbonyl (C=O) groups excluding carboxylic acids is 1. The highest BCUT2D eigenvalue weighted by molar-refractivity contribution is 6.33. The molecule has 0 radical (unpaired) electrons. The van der Waals surface area contributed by atoms with Crippen LogP contribution in [0.1, 0.15) is 6.42 Å². The van der Waals surface area contributed by atoms with Gasteiger partial charge < -0.3 is 14.6 Å². The third-order valence-electron chi connectivity index (χ3n) is 5.12. The largest absolute Gasteiger partial charge is 0.423 e. The van der Waals surface area contributed by atoms with Gasteiger partial charge in [-0.25, -0.2) is 4.79 Å². The standard InChI is InChI=1S/C22H22ClN3O3/c23-18-3-1-2-4-19(18)26-13-11-25(12-14-26)10-9-21(27)24-17-6-7-20-16(15-17)5-8-22(28)29-20/h1-8,15H,9-14H2,(H,24,27). The molecule has 2 heterocycles. The van der Waals surface area contributed by atoms with Crippen LogP contribution in [0.4, 0.5) is 11.4 Å². The van der Waals surface area contributed by atoms with Gasteiger partial charge in [-0.1, -0.05) is 23.7 Å². The second-order valence-corrected chi connectivity index (χ2v) is 7.49. The predicted molar refractivity (Wildman–Crippen MR) is 116 cm³/mol. The first-order valence-electron chi connectivity index (χ1n) is 9.64. The summed E-state index contributed by atoms with van der Waals surface area (Å²) in [4.78, 5) is 28.2. The number of hydrogen-bond donors (Lipinski definition) is 1. The van der Waals surface area contributed by atoms with Crippen molar-refractivity contribution in [2.45, 2.75) is 6.42 Å². The predicted octanol–water partition coefficient (Wildman–Crippen LogP) is 3.60. The highest BCUT2D eigenvalue weighted by Crippen LogP contribution is 2.26. The Bertz CT molecular complexity index is 1070. The summed E-state index contributed by atoms with van der Waals surface area (Å²) in [6, 6.07) is 16.2. The minimum atomic E-state index is -0.385. The molecule has 1 aromatic heterocycles. The van der Waals surface area contributed by atoms with Gasteiger partial charge in [0.05, 0.1) is 10.7 Å². The summed E-state index contributed by atoms with van der Waals surface area (Å²) in [5.41, 5.74) is 1.88. The summed E-state index contributed by atoms with van der Waals surface area (Å²) in [5, 5.41) is 4.47. The van der Waals surface area contributed by atoms with Crippen LogP contribution in [0.3, 0.4) is 0 Å². The van der Waals surface area contributed by atoms with Gasteiger partial charge in [-0.3, -0.25) is 9.69 Å². The number of fused-ring (bicyclic) bond motifs is 1. The quantitative estimate of drug-likeness (QED) is 0.650. The Morgan fingerprint density at radius 2 is 1.83 bits per heavy atom. The van der Waals surface area contributed by atoms with E-state index in [1.54, 1.807) is 24.3 Å². The molecular weight excluding hydrogens is 390 g/mol. The van der Waals surface area contributed by atoms with Crippen molar-refractivity contribution in [1.82, 2.24) is 4.90 Å². The van der Waals surface area contributed by atoms with Crippen LogP contribution >= 0.6 is 11.6 Å². The monoisotopic (exact) mass is 411 g/mol. The molecule has 7 heteroatoms. The normalized spacial score (nSPS) is 14.9. The number of amides is 1. The number of anilines is 2. The fourth-order valence-electron chi connectivity index (χ4n) is 3.55. The van der Waals surface area contributed by atoms with Crippen molar-refractivity contribution in [2.75, 3.05) is 42.9 Å². The number of hydrogen-bond acceptors (Lipinski definition) is 5. The molecule has 1 aliphatic rings. The third kappa shape index (κ3) is 4.78. The summed E-state index contributed by atoms with van der Waals surface area (Å²) in [7, 11) is 0. The van der Waals surface area contributed by atoms with Gasteiger partial charge in [0.25, 0.3) is 0 Å². The molecule has 4 rings (SSSR count). The zero-order chi connectivity index (χ0) is 20.2. The van der Waals surface area contributed by atoms with Gasteiger partial charge in [0.2, 0.25) is 5.91 Å². The van der Waals surface area contributed by atoms with Crippen molar-refractivity contribution in [3.63, 3.8) is 0 Å². The van der Waals surface area contributed by atoms with Gasteiger partial charge in [-0.15, -0.1) is 0 Å². The third-order valence-corrected chi connectivity index (χ3v) is 5.44. The van der Waals surface area contributed by atoms with Crippen molar-refractivity contribution >= 4 is 39.9 Å². The van der Waals surface area contributed by atoms with Crippen molar-refractivity contribution in [2.24, 2.45) is 0 Å². The fourth-order valence-corrected chi connectivity index (χ4v) is 3.81. The second kappa shape index (κ2) is 8.68. The van der Waals surface area contributed by atoms with Crippen molar-refractivity contribution in [1.29, 1.82) is 0 Å². The number of benzene rings is 2. The van der Waals surface area contributed by atoms with Crippen molar-refractivity contribution in [3.05, 3.63) is 70.0 Å². The highest BCUT2D eigenvalue weighted by Gasteiger charge is 2.19. The van der Waals surface area contributed by atoms with Crippen LogP contribution in [-0.2, 0) is 4.79 Å². The van der Waals surface area contributed by atoms with Crippen LogP contribution in [-0.4, -0.2) is 43.5 Å². The van der Waals surface area contributed by atoms with Crippen molar-refractivity contribution < 1.29 is 9.21 Å². The lowest BCUT2D eigenvalue weighted by Gasteiger charge is -2.36. The van der Waals surface area contributed by atoms with Gasteiger partial charge >= 0.3 is 5.63 Å². The number of halogens is 1. The van der Waals surface area contributed by atoms with E-state index in [4.69, 9.17) is 16.0 Å². The van der Waals surface area contributed by atoms with Crippen LogP contribution in [0.25, 0.3) is 11.0 Å². The molecule has 1 amide bonds. The summed E-state index contributed by atoms with van der Waals surface area (Å²) >= 11 is 6.29. The lowest BCUT2D eigenvalue weighted by molar-refractivity contribution is -0.116. The van der Waals surface area contributed by atoms with Crippen LogP contribution in [0.2, 0.25) is 5.02 Å². The van der Waals surface area contributed by atoms with E-state index < -0.39 is 0 Å². The smallest absolute Gasteiger partial charge is 0.336 e. The summed E-state index contributed by atoms with van der Waals surface area (Å²) in [6.07, 6.45) is 0.425. The molecule has 0 atom stereocenters. The highest BCUT2D eigenvalue weighted by atomic mass is 35.5. The molecule has 2 aromatic carbocycles. The molecule has 0 bridgehead atoms. The summed E-state index contributed by atoms with van der Waals surface area (Å²) in [6.45, 7) is 4.29. The molecule has 1 aliphatic heterocycles. The molecule has 0 spiro atoms. The van der Waals surface area contributed by atoms with Crippen LogP contribution in [0.15, 0.2) is 63.8 Å². The van der Waals surface area contributed by atoms with E-state index in [-0.39, 0.29) is 11.5 Å². The number of carbonyl (C=O) groups is 1. The van der Waals surface area contributed by atoms with E-state index in [1.807, 2.05) is 24.3 Å². The van der Waals surface area contributed by atoms with E-state index in [9.17, 15) is 9.59 Å². The summed E-state index contributed by atoms with van der Waals surface area (Å²) < 4.78 is 5.11. The minimum Gasteiger partial charge on any atom is -0.423 e. The Labute approximate surface area is 173 Å². The number of nitrogens with zero attached hydrogens (tertiary/aromatic N) is 2. The van der Waals surface area contributed by atoms with Gasteiger partial charge in [0, 0.05) is 56.3 Å². The van der Waals surface area contributed by atoms with E-state index >= 15 is 0 Å². The number of nitrogens with one attached hydrogen (secondary N) is 1. The van der Waals surface area contributed by atoms with E-state index in [2.05, 4.69) is 15.1 Å². The van der Waals surface area contributed by atoms with E-state index in [1.165, 1.54) is 6.07 Å². The van der Waals surface area contributed by atoms with Crippen LogP contribution in [0, 0.1) is 0 Å². The molecule has 1 N–H and O–H groups in total. The van der Waals surface area contributed by atoms with Gasteiger partial charge in [-0.05, 0) is 36.4 Å². The zero-order valence-electron chi connectivity index (χ0n) is 15.9. The Balaban J connectivity index is 1.27. The first-order valence-corrected chi connectivity index (χ1v) is 10.0. The molecule has 3 aromatic rings. The van der Waals surface area contributed by atoms with E-state index in [0.29, 0.717) is 24.2 Å². The van der Waals surface area contributed by atoms with Crippen molar-refractivity contribution in [3.8, 4) is 0 Å². The SMILES string of the molecule is O=C(CCN1CCN(c2ccccc2Cl)CC1)Nc1ccc2oc(=O)ccc2c1. The Kier molecular flexibility index (Phi) is 5.83. The van der Waals surface area contributed by atoms with Gasteiger partial charge in [-0.2, -0.15) is 0 Å². The minimum absolute atomic E-state index is 0.0322. The average Bonchev–Trinajstić information content (AvgIpc) is 2.73. The molecule has 0 unspecified atom stereocenters. The lowest BCUT2D eigenvalue weighted by atomic mass is 10.2. The molecule has 0 saturated carbocycles. The van der Waals surface area contributed by atoms with Crippen LogP contribution < -0.4 is 15.8 Å². The van der Waals surface area contributed by atoms with Gasteiger partial charge in [0.15, 0.2) is 0 Å². The topological polar surface area (TPSA) is 65.8 Å². The first-order chi connectivity index (χ1) is 14.1. The molecule has 29 heavy (non-hydrogen) atoms. The molecule has 0 aliphatic carbocycles. The number of para-hydroxylation sites is 1. The molecular formula is C22H22ClN3O3. The van der Waals surface area contributed by atoms with E-state index in [0.717, 1.165) is 42.3 Å². The number of rotatable bonds is 5. The molecule has 6 nitrogen and oxygen atoms in total. The second-order valence-electron chi connectivity index (χ2n) is 7.09. The maximum absolute atomic E-state index is 12.3. The average molecular weight is 412 g/mol. The zero-order valence-corrected chi connectivity index (χ0v) is 16.7. The Morgan fingerprint density at radius 1 is 1.03 bits per heavy atom. The molecule has 150 valence electrons. The lowest BCUT2D eigenvalue weighted by Crippen LogP contribution is -2.47. The Morgan fingerprint density at radius 3 is 2.62 bits per heavy atom. The molecule has 1 saturated heterocycles. The Hall–Kier alpha value is -2.83. The maximum atomic E-state index is 12.3. The molecule has 1 fully saturated rings. The first kappa shape index (κ1) is 19.5. The fraction of sp³-hybridized carbons (Fsp3) is 0.273. The summed E-state index contributed by atoms with van der Waals surface area (Å²) in [5.74, 6) is -0.0322. The van der Waals surface area contributed by atoms with Crippen LogP contribution in [0.5, 0.6) is 0 Å². The van der Waals surface area contributed by atoms with Gasteiger partial charge in [0.1, 0.15) is 5.58 Å².